The van der Waals surface area contributed by atoms with Crippen LogP contribution in [0.4, 0.5) is 0 Å². The van der Waals surface area contributed by atoms with E-state index in [0.29, 0.717) is 26.4 Å². The summed E-state index contributed by atoms with van der Waals surface area (Å²) in [5, 5.41) is 0. The minimum Gasteiger partial charge on any atom is -0.493 e. The molecule has 6 nitrogen and oxygen atoms in total. The molecular formula is C42H60N2O4. The van der Waals surface area contributed by atoms with Crippen LogP contribution in [-0.4, -0.2) is 26.4 Å². The maximum Gasteiger partial charge on any atom is 0.127 e. The minimum atomic E-state index is 0.657. The zero-order chi connectivity index (χ0) is 33.7. The van der Waals surface area contributed by atoms with Crippen LogP contribution >= 0.6 is 0 Å². The topological polar surface area (TPSA) is 89.0 Å². The third-order valence-corrected chi connectivity index (χ3v) is 8.48. The highest BCUT2D eigenvalue weighted by atomic mass is 16.6. The number of benzene rings is 3. The predicted molar refractivity (Wildman–Crippen MR) is 202 cm³/mol. The molecule has 0 aromatic heterocycles. The van der Waals surface area contributed by atoms with Crippen molar-refractivity contribution in [2.75, 3.05) is 26.4 Å². The fourth-order valence-electron chi connectivity index (χ4n) is 5.66. The van der Waals surface area contributed by atoms with Gasteiger partial charge in [-0.3, -0.25) is 0 Å². The Morgan fingerprint density at radius 1 is 0.375 bits per heavy atom. The average Bonchev–Trinajstić information content (AvgIpc) is 3.12. The molecule has 0 saturated carbocycles. The van der Waals surface area contributed by atoms with E-state index in [1.807, 2.05) is 12.1 Å². The van der Waals surface area contributed by atoms with Crippen molar-refractivity contribution in [2.24, 2.45) is 11.8 Å². The summed E-state index contributed by atoms with van der Waals surface area (Å²) in [4.78, 5) is 9.32. The lowest BCUT2D eigenvalue weighted by Gasteiger charge is -2.15. The second-order valence-corrected chi connectivity index (χ2v) is 12.5. The molecule has 4 N–H and O–H groups in total. The molecule has 0 heterocycles. The summed E-state index contributed by atoms with van der Waals surface area (Å²) in [5.74, 6) is 12.0. The van der Waals surface area contributed by atoms with E-state index in [4.69, 9.17) is 21.3 Å². The zero-order valence-corrected chi connectivity index (χ0v) is 29.2. The molecular weight excluding hydrogens is 596 g/mol. The summed E-state index contributed by atoms with van der Waals surface area (Å²) in [6, 6.07) is 25.1. The molecule has 0 fully saturated rings. The highest BCUT2D eigenvalue weighted by Crippen LogP contribution is 2.33. The van der Waals surface area contributed by atoms with Crippen LogP contribution in [0, 0.1) is 0 Å². The first kappa shape index (κ1) is 39.0. The van der Waals surface area contributed by atoms with Crippen molar-refractivity contribution in [1.29, 1.82) is 0 Å². The van der Waals surface area contributed by atoms with Crippen molar-refractivity contribution in [1.82, 2.24) is 0 Å². The largest absolute Gasteiger partial charge is 0.493 e. The van der Waals surface area contributed by atoms with Gasteiger partial charge in [-0.15, -0.1) is 0 Å². The number of hydrogen-bond donors (Lipinski definition) is 2. The summed E-state index contributed by atoms with van der Waals surface area (Å²) < 4.78 is 13.0. The Hall–Kier alpha value is -3.42. The normalized spacial score (nSPS) is 11.5. The molecule has 0 aliphatic rings. The number of unbranched alkanes of at least 4 members (excludes halogenated alkanes) is 14. The van der Waals surface area contributed by atoms with Crippen LogP contribution < -0.4 is 21.3 Å². The second-order valence-electron chi connectivity index (χ2n) is 12.5. The fraction of sp³-hybridized carbons (Fsp3) is 0.476. The standard InChI is InChI=1S/C42H60N2O4/c43-47-33-21-11-7-3-1-5-9-19-31-45-41-35-40(30-28-38-25-17-14-18-26-38)42(36-39(41)29-27-37-23-15-13-16-24-37)46-32-20-10-6-2-4-8-12-22-34-48-44/h13-18,23-30,35-36H,1-12,19-22,31-34,43-44H2/b29-27+,30-28+. The average molecular weight is 657 g/mol. The fourth-order valence-corrected chi connectivity index (χ4v) is 5.66. The molecule has 262 valence electrons. The Balaban J connectivity index is 1.63. The van der Waals surface area contributed by atoms with Crippen LogP contribution in [0.25, 0.3) is 24.3 Å². The molecule has 0 amide bonds. The molecule has 6 heteroatoms. The van der Waals surface area contributed by atoms with Gasteiger partial charge in [0.1, 0.15) is 11.5 Å². The van der Waals surface area contributed by atoms with Gasteiger partial charge in [-0.05, 0) is 48.9 Å². The van der Waals surface area contributed by atoms with Gasteiger partial charge in [-0.1, -0.05) is 162 Å². The summed E-state index contributed by atoms with van der Waals surface area (Å²) in [6.07, 6.45) is 27.5. The second kappa shape index (κ2) is 26.5. The van der Waals surface area contributed by atoms with E-state index in [1.54, 1.807) is 0 Å². The number of rotatable bonds is 28. The maximum atomic E-state index is 6.48. The van der Waals surface area contributed by atoms with E-state index < -0.39 is 0 Å². The van der Waals surface area contributed by atoms with Crippen LogP contribution in [-0.2, 0) is 9.68 Å². The third-order valence-electron chi connectivity index (χ3n) is 8.48. The molecule has 0 aliphatic carbocycles. The van der Waals surface area contributed by atoms with Crippen LogP contribution in [0.5, 0.6) is 11.5 Å². The van der Waals surface area contributed by atoms with E-state index in [0.717, 1.165) is 59.4 Å². The molecule has 0 saturated heterocycles. The Labute approximate surface area is 290 Å². The summed E-state index contributed by atoms with van der Waals surface area (Å²) in [6.45, 7) is 2.71. The third kappa shape index (κ3) is 17.7. The monoisotopic (exact) mass is 656 g/mol. The lowest BCUT2D eigenvalue weighted by Crippen LogP contribution is -2.03. The van der Waals surface area contributed by atoms with E-state index in [1.165, 1.54) is 77.0 Å². The SMILES string of the molecule is NOCCCCCCCCCCOc1cc(/C=C/c2ccccc2)c(OCCCCCCCCCCON)cc1/C=C/c1ccccc1. The molecule has 3 aromatic rings. The predicted octanol–water partition coefficient (Wildman–Crippen LogP) is 10.8. The quantitative estimate of drug-likeness (QED) is 0.0459. The minimum absolute atomic E-state index is 0.657. The smallest absolute Gasteiger partial charge is 0.127 e. The van der Waals surface area contributed by atoms with Gasteiger partial charge in [-0.25, -0.2) is 11.8 Å². The van der Waals surface area contributed by atoms with Crippen molar-refractivity contribution in [3.63, 3.8) is 0 Å². The van der Waals surface area contributed by atoms with Crippen LogP contribution in [0.3, 0.4) is 0 Å². The molecule has 3 aromatic carbocycles. The van der Waals surface area contributed by atoms with Crippen molar-refractivity contribution >= 4 is 24.3 Å². The Morgan fingerprint density at radius 2 is 0.688 bits per heavy atom. The van der Waals surface area contributed by atoms with Gasteiger partial charge in [0, 0.05) is 11.1 Å². The molecule has 0 aliphatic heterocycles. The highest BCUT2D eigenvalue weighted by Gasteiger charge is 2.11. The van der Waals surface area contributed by atoms with Crippen molar-refractivity contribution in [2.45, 2.75) is 103 Å². The lowest BCUT2D eigenvalue weighted by atomic mass is 10.0. The first-order chi connectivity index (χ1) is 23.8. The molecule has 48 heavy (non-hydrogen) atoms. The van der Waals surface area contributed by atoms with E-state index >= 15 is 0 Å². The van der Waals surface area contributed by atoms with Gasteiger partial charge in [0.25, 0.3) is 0 Å². The Morgan fingerprint density at radius 3 is 1.02 bits per heavy atom. The van der Waals surface area contributed by atoms with E-state index in [-0.39, 0.29) is 0 Å². The van der Waals surface area contributed by atoms with Gasteiger partial charge in [0.15, 0.2) is 0 Å². The van der Waals surface area contributed by atoms with Crippen molar-refractivity contribution in [3.8, 4) is 11.5 Å². The van der Waals surface area contributed by atoms with E-state index in [9.17, 15) is 0 Å². The van der Waals surface area contributed by atoms with Gasteiger partial charge < -0.3 is 19.1 Å². The van der Waals surface area contributed by atoms with Gasteiger partial charge in [-0.2, -0.15) is 0 Å². The van der Waals surface area contributed by atoms with Crippen LogP contribution in [0.1, 0.15) is 125 Å². The summed E-state index contributed by atoms with van der Waals surface area (Å²) in [7, 11) is 0. The molecule has 0 spiro atoms. The molecule has 3 rings (SSSR count). The summed E-state index contributed by atoms with van der Waals surface area (Å²) >= 11 is 0. The number of nitrogens with two attached hydrogens (primary N) is 2. The van der Waals surface area contributed by atoms with Crippen LogP contribution in [0.2, 0.25) is 0 Å². The van der Waals surface area contributed by atoms with Crippen LogP contribution in [0.15, 0.2) is 72.8 Å². The van der Waals surface area contributed by atoms with Gasteiger partial charge >= 0.3 is 0 Å². The number of hydrogen-bond acceptors (Lipinski definition) is 6. The Kier molecular flexibility index (Phi) is 21.6. The van der Waals surface area contributed by atoms with Gasteiger partial charge in [0.05, 0.1) is 26.4 Å². The highest BCUT2D eigenvalue weighted by molar-refractivity contribution is 5.78. The van der Waals surface area contributed by atoms with Crippen molar-refractivity contribution < 1.29 is 19.1 Å². The first-order valence-electron chi connectivity index (χ1n) is 18.3. The molecule has 0 bridgehead atoms. The Bertz CT molecular complexity index is 1160. The summed E-state index contributed by atoms with van der Waals surface area (Å²) in [5.41, 5.74) is 4.38. The first-order valence-corrected chi connectivity index (χ1v) is 18.3. The molecule has 0 unspecified atom stereocenters. The van der Waals surface area contributed by atoms with Crippen molar-refractivity contribution in [3.05, 3.63) is 95.1 Å². The molecule has 0 radical (unpaired) electrons. The molecule has 0 atom stereocenters. The maximum absolute atomic E-state index is 6.48. The van der Waals surface area contributed by atoms with Gasteiger partial charge in [0.2, 0.25) is 0 Å². The van der Waals surface area contributed by atoms with E-state index in [2.05, 4.69) is 94.6 Å². The lowest BCUT2D eigenvalue weighted by molar-refractivity contribution is 0.133. The number of ether oxygens (including phenoxy) is 2. The zero-order valence-electron chi connectivity index (χ0n) is 29.2.